The van der Waals surface area contributed by atoms with Gasteiger partial charge in [-0.25, -0.2) is 4.98 Å². The van der Waals surface area contributed by atoms with Crippen molar-refractivity contribution in [2.45, 2.75) is 6.54 Å². The number of hydrogen-bond acceptors (Lipinski definition) is 4. The maximum absolute atomic E-state index is 11.0. The Balaban J connectivity index is 3.04. The molecule has 0 saturated heterocycles. The molecular weight excluding hydrogens is 156 g/mol. The normalized spacial score (nSPS) is 9.33. The molecule has 0 bridgehead atoms. The van der Waals surface area contributed by atoms with E-state index in [0.29, 0.717) is 12.4 Å². The summed E-state index contributed by atoms with van der Waals surface area (Å²) in [4.78, 5) is 17.3. The van der Waals surface area contributed by atoms with Crippen LogP contribution >= 0.6 is 0 Å². The van der Waals surface area contributed by atoms with Gasteiger partial charge in [0.05, 0.1) is 12.7 Å². The zero-order valence-electron chi connectivity index (χ0n) is 6.59. The quantitative estimate of drug-likeness (QED) is 0.609. The molecule has 0 fully saturated rings. The zero-order chi connectivity index (χ0) is 8.97. The maximum atomic E-state index is 11.0. The van der Waals surface area contributed by atoms with Crippen LogP contribution < -0.4 is 10.9 Å². The molecule has 0 aliphatic carbocycles. The monoisotopic (exact) mass is 164 g/mol. The van der Waals surface area contributed by atoms with Crippen LogP contribution in [0.1, 0.15) is 11.4 Å². The average Bonchev–Trinajstić information content (AvgIpc) is 2.05. The van der Waals surface area contributed by atoms with E-state index in [1.165, 1.54) is 6.20 Å². The van der Waals surface area contributed by atoms with Crippen molar-refractivity contribution in [3.63, 3.8) is 0 Å². The summed E-state index contributed by atoms with van der Waals surface area (Å²) in [6.07, 6.45) is 1.27. The van der Waals surface area contributed by atoms with Crippen LogP contribution in [0.15, 0.2) is 11.0 Å². The molecule has 0 aliphatic heterocycles. The zero-order valence-corrected chi connectivity index (χ0v) is 6.59. The van der Waals surface area contributed by atoms with E-state index in [-0.39, 0.29) is 5.56 Å². The SMILES string of the molecule is CNCc1ncc(C#N)c(=O)[nH]1. The van der Waals surface area contributed by atoms with Gasteiger partial charge in [-0.05, 0) is 7.05 Å². The summed E-state index contributed by atoms with van der Waals surface area (Å²) in [6, 6.07) is 1.74. The third-order valence-corrected chi connectivity index (χ3v) is 1.32. The lowest BCUT2D eigenvalue weighted by molar-refractivity contribution is 0.751. The summed E-state index contributed by atoms with van der Waals surface area (Å²) in [5.41, 5.74) is -0.354. The fraction of sp³-hybridized carbons (Fsp3) is 0.286. The van der Waals surface area contributed by atoms with Crippen molar-refractivity contribution in [2.24, 2.45) is 0 Å². The van der Waals surface area contributed by atoms with E-state index in [2.05, 4.69) is 15.3 Å². The number of hydrogen-bond donors (Lipinski definition) is 2. The maximum Gasteiger partial charge on any atom is 0.268 e. The predicted octanol–water partition coefficient (Wildman–Crippen LogP) is -0.639. The number of nitriles is 1. The Hall–Kier alpha value is -1.67. The lowest BCUT2D eigenvalue weighted by Gasteiger charge is -1.96. The summed E-state index contributed by atoms with van der Waals surface area (Å²) < 4.78 is 0. The van der Waals surface area contributed by atoms with Crippen molar-refractivity contribution < 1.29 is 0 Å². The summed E-state index contributed by atoms with van der Waals surface area (Å²) in [7, 11) is 1.75. The Morgan fingerprint density at radius 2 is 2.58 bits per heavy atom. The summed E-state index contributed by atoms with van der Waals surface area (Å²) >= 11 is 0. The summed E-state index contributed by atoms with van der Waals surface area (Å²) in [5, 5.41) is 11.2. The van der Waals surface area contributed by atoms with Crippen LogP contribution in [-0.4, -0.2) is 17.0 Å². The highest BCUT2D eigenvalue weighted by Gasteiger charge is 1.99. The first-order chi connectivity index (χ1) is 5.77. The fourth-order valence-corrected chi connectivity index (χ4v) is 0.769. The molecule has 0 unspecified atom stereocenters. The number of H-pyrrole nitrogens is 1. The second-order valence-electron chi connectivity index (χ2n) is 2.21. The molecule has 62 valence electrons. The van der Waals surface area contributed by atoms with Crippen LogP contribution in [0.2, 0.25) is 0 Å². The van der Waals surface area contributed by atoms with Gasteiger partial charge in [-0.3, -0.25) is 4.79 Å². The molecule has 12 heavy (non-hydrogen) atoms. The second kappa shape index (κ2) is 3.64. The van der Waals surface area contributed by atoms with Crippen LogP contribution in [0.25, 0.3) is 0 Å². The van der Waals surface area contributed by atoms with Gasteiger partial charge in [0.15, 0.2) is 0 Å². The average molecular weight is 164 g/mol. The second-order valence-corrected chi connectivity index (χ2v) is 2.21. The molecule has 0 aromatic carbocycles. The first kappa shape index (κ1) is 8.43. The standard InChI is InChI=1S/C7H8N4O/c1-9-4-6-10-3-5(2-8)7(12)11-6/h3,9H,4H2,1H3,(H,10,11,12). The van der Waals surface area contributed by atoms with Crippen molar-refractivity contribution in [3.05, 3.63) is 27.9 Å². The molecule has 5 heteroatoms. The van der Waals surface area contributed by atoms with Crippen LogP contribution in [0.3, 0.4) is 0 Å². The Labute approximate surface area is 69.1 Å². The topological polar surface area (TPSA) is 81.6 Å². The van der Waals surface area contributed by atoms with E-state index in [1.807, 2.05) is 0 Å². The molecule has 2 N–H and O–H groups in total. The van der Waals surface area contributed by atoms with E-state index in [0.717, 1.165) is 0 Å². The largest absolute Gasteiger partial charge is 0.313 e. The number of aromatic nitrogens is 2. The molecule has 1 aromatic heterocycles. The Kier molecular flexibility index (Phi) is 2.56. The van der Waals surface area contributed by atoms with Crippen molar-refractivity contribution in [3.8, 4) is 6.07 Å². The smallest absolute Gasteiger partial charge is 0.268 e. The van der Waals surface area contributed by atoms with Gasteiger partial charge in [0, 0.05) is 0 Å². The van der Waals surface area contributed by atoms with Crippen molar-refractivity contribution >= 4 is 0 Å². The van der Waals surface area contributed by atoms with E-state index >= 15 is 0 Å². The lowest BCUT2D eigenvalue weighted by atomic mass is 10.4. The van der Waals surface area contributed by atoms with Gasteiger partial charge in [-0.1, -0.05) is 0 Å². The molecule has 5 nitrogen and oxygen atoms in total. The van der Waals surface area contributed by atoms with Gasteiger partial charge in [0.25, 0.3) is 5.56 Å². The van der Waals surface area contributed by atoms with Crippen molar-refractivity contribution in [1.82, 2.24) is 15.3 Å². The van der Waals surface area contributed by atoms with Crippen LogP contribution in [-0.2, 0) is 6.54 Å². The highest BCUT2D eigenvalue weighted by molar-refractivity contribution is 5.21. The van der Waals surface area contributed by atoms with Gasteiger partial charge in [0.2, 0.25) is 0 Å². The van der Waals surface area contributed by atoms with Gasteiger partial charge in [-0.2, -0.15) is 5.26 Å². The minimum atomic E-state index is -0.391. The predicted molar refractivity (Wildman–Crippen MR) is 42.3 cm³/mol. The molecule has 0 saturated carbocycles. The molecule has 0 radical (unpaired) electrons. The van der Waals surface area contributed by atoms with E-state index < -0.39 is 5.56 Å². The van der Waals surface area contributed by atoms with Gasteiger partial charge in [0.1, 0.15) is 17.5 Å². The fourth-order valence-electron chi connectivity index (χ4n) is 0.769. The Bertz CT molecular complexity index is 362. The third-order valence-electron chi connectivity index (χ3n) is 1.32. The van der Waals surface area contributed by atoms with Crippen LogP contribution in [0.5, 0.6) is 0 Å². The first-order valence-electron chi connectivity index (χ1n) is 3.41. The number of nitrogens with zero attached hydrogens (tertiary/aromatic N) is 2. The Morgan fingerprint density at radius 3 is 3.08 bits per heavy atom. The molecular formula is C7H8N4O. The highest BCUT2D eigenvalue weighted by Crippen LogP contribution is 1.86. The van der Waals surface area contributed by atoms with E-state index in [4.69, 9.17) is 5.26 Å². The molecule has 1 heterocycles. The minimum absolute atomic E-state index is 0.0369. The van der Waals surface area contributed by atoms with Gasteiger partial charge < -0.3 is 10.3 Å². The molecule has 0 atom stereocenters. The number of aromatic amines is 1. The first-order valence-corrected chi connectivity index (χ1v) is 3.41. The van der Waals surface area contributed by atoms with Crippen molar-refractivity contribution in [1.29, 1.82) is 5.26 Å². The number of rotatable bonds is 2. The summed E-state index contributed by atoms with van der Waals surface area (Å²) in [6.45, 7) is 0.487. The van der Waals surface area contributed by atoms with Crippen molar-refractivity contribution in [2.75, 3.05) is 7.05 Å². The molecule has 1 rings (SSSR count). The van der Waals surface area contributed by atoms with E-state index in [9.17, 15) is 4.79 Å². The molecule has 1 aromatic rings. The highest BCUT2D eigenvalue weighted by atomic mass is 16.1. The van der Waals surface area contributed by atoms with Crippen LogP contribution in [0.4, 0.5) is 0 Å². The molecule has 0 amide bonds. The molecule has 0 spiro atoms. The lowest BCUT2D eigenvalue weighted by Crippen LogP contribution is -2.17. The van der Waals surface area contributed by atoms with E-state index in [1.54, 1.807) is 13.1 Å². The summed E-state index contributed by atoms with van der Waals surface area (Å²) in [5.74, 6) is 0.529. The molecule has 0 aliphatic rings. The van der Waals surface area contributed by atoms with Crippen LogP contribution in [0, 0.1) is 11.3 Å². The third kappa shape index (κ3) is 1.68. The minimum Gasteiger partial charge on any atom is -0.313 e. The van der Waals surface area contributed by atoms with Gasteiger partial charge in [-0.15, -0.1) is 0 Å². The van der Waals surface area contributed by atoms with Gasteiger partial charge >= 0.3 is 0 Å². The Morgan fingerprint density at radius 1 is 1.83 bits per heavy atom. The number of nitrogens with one attached hydrogen (secondary N) is 2.